The number of rotatable bonds is 2. The minimum atomic E-state index is -0.0347. The maximum absolute atomic E-state index is 12.2. The second kappa shape index (κ2) is 5.44. The summed E-state index contributed by atoms with van der Waals surface area (Å²) in [6, 6.07) is 5.39. The Morgan fingerprint density at radius 3 is 2.62 bits per heavy atom. The highest BCUT2D eigenvalue weighted by molar-refractivity contribution is 9.10. The van der Waals surface area contributed by atoms with Crippen molar-refractivity contribution in [1.29, 1.82) is 0 Å². The van der Waals surface area contributed by atoms with E-state index in [1.807, 2.05) is 6.07 Å². The Morgan fingerprint density at radius 2 is 1.90 bits per heavy atom. The Balaban J connectivity index is 2.01. The van der Waals surface area contributed by atoms with Gasteiger partial charge in [0.25, 0.3) is 5.56 Å². The number of nitrogen functional groups attached to an aromatic ring is 1. The summed E-state index contributed by atoms with van der Waals surface area (Å²) in [6.45, 7) is 3.22. The molecule has 0 amide bonds. The summed E-state index contributed by atoms with van der Waals surface area (Å²) in [5.41, 5.74) is 8.12. The largest absolute Gasteiger partial charge is 0.486 e. The summed E-state index contributed by atoms with van der Waals surface area (Å²) in [5.74, 6) is 1.32. The minimum absolute atomic E-state index is 0.0347. The molecule has 0 unspecified atom stereocenters. The Morgan fingerprint density at radius 1 is 1.24 bits per heavy atom. The number of halogens is 1. The zero-order valence-electron chi connectivity index (χ0n) is 11.6. The molecule has 0 saturated carbocycles. The Hall–Kier alpha value is -1.95. The van der Waals surface area contributed by atoms with Gasteiger partial charge in [-0.2, -0.15) is 0 Å². The van der Waals surface area contributed by atoms with E-state index >= 15 is 0 Å². The molecule has 1 aromatic carbocycles. The minimum Gasteiger partial charge on any atom is -0.486 e. The van der Waals surface area contributed by atoms with E-state index in [9.17, 15) is 4.79 Å². The van der Waals surface area contributed by atoms with E-state index in [-0.39, 0.29) is 5.56 Å². The fourth-order valence-electron chi connectivity index (χ4n) is 2.32. The van der Waals surface area contributed by atoms with Crippen LogP contribution in [0.3, 0.4) is 0 Å². The highest BCUT2D eigenvalue weighted by Crippen LogP contribution is 2.34. The van der Waals surface area contributed by atoms with Crippen molar-refractivity contribution in [1.82, 2.24) is 4.57 Å². The van der Waals surface area contributed by atoms with Crippen molar-refractivity contribution in [2.45, 2.75) is 13.5 Å². The first-order chi connectivity index (χ1) is 10.0. The molecule has 0 spiro atoms. The molecule has 1 aliphatic rings. The van der Waals surface area contributed by atoms with Crippen LogP contribution in [-0.4, -0.2) is 17.8 Å². The molecular weight excluding hydrogens is 336 g/mol. The third kappa shape index (κ3) is 2.76. The van der Waals surface area contributed by atoms with E-state index in [2.05, 4.69) is 15.9 Å². The van der Waals surface area contributed by atoms with Crippen LogP contribution in [0.4, 0.5) is 5.69 Å². The number of hydrogen-bond acceptors (Lipinski definition) is 4. The molecule has 1 aromatic heterocycles. The van der Waals surface area contributed by atoms with Gasteiger partial charge in [-0.1, -0.05) is 0 Å². The highest BCUT2D eigenvalue weighted by atomic mass is 79.9. The smallest absolute Gasteiger partial charge is 0.253 e. The molecule has 2 heterocycles. The second-order valence-electron chi connectivity index (χ2n) is 4.97. The first-order valence-corrected chi connectivity index (χ1v) is 7.38. The lowest BCUT2D eigenvalue weighted by atomic mass is 10.1. The van der Waals surface area contributed by atoms with Crippen molar-refractivity contribution in [2.24, 2.45) is 0 Å². The molecule has 0 bridgehead atoms. The van der Waals surface area contributed by atoms with Crippen LogP contribution in [0.15, 0.2) is 33.7 Å². The van der Waals surface area contributed by atoms with Crippen molar-refractivity contribution in [3.63, 3.8) is 0 Å². The average Bonchev–Trinajstić information content (AvgIpc) is 2.45. The Labute approximate surface area is 130 Å². The van der Waals surface area contributed by atoms with Gasteiger partial charge in [0.15, 0.2) is 11.5 Å². The molecule has 110 valence electrons. The highest BCUT2D eigenvalue weighted by Gasteiger charge is 2.15. The molecular formula is C15H15BrN2O3. The molecule has 1 aliphatic heterocycles. The number of fused-ring (bicyclic) bond motifs is 1. The number of nitrogens with zero attached hydrogens (tertiary/aromatic N) is 1. The third-order valence-electron chi connectivity index (χ3n) is 3.38. The number of ether oxygens (including phenoxy) is 2. The molecule has 0 atom stereocenters. The molecule has 5 nitrogen and oxygen atoms in total. The van der Waals surface area contributed by atoms with Crippen molar-refractivity contribution in [3.05, 3.63) is 50.3 Å². The monoisotopic (exact) mass is 350 g/mol. The Bertz CT molecular complexity index is 755. The van der Waals surface area contributed by atoms with Crippen LogP contribution >= 0.6 is 15.9 Å². The lowest BCUT2D eigenvalue weighted by molar-refractivity contribution is 0.171. The molecule has 6 heteroatoms. The van der Waals surface area contributed by atoms with Crippen LogP contribution in [0.2, 0.25) is 0 Å². The van der Waals surface area contributed by atoms with Gasteiger partial charge in [-0.05, 0) is 40.5 Å². The first kappa shape index (κ1) is 14.0. The van der Waals surface area contributed by atoms with Crippen LogP contribution in [0.25, 0.3) is 0 Å². The predicted molar refractivity (Wildman–Crippen MR) is 84.1 cm³/mol. The molecule has 3 rings (SSSR count). The van der Waals surface area contributed by atoms with E-state index in [1.54, 1.807) is 29.8 Å². The number of hydrogen-bond donors (Lipinski definition) is 1. The van der Waals surface area contributed by atoms with Gasteiger partial charge in [-0.25, -0.2) is 0 Å². The van der Waals surface area contributed by atoms with Crippen molar-refractivity contribution in [3.8, 4) is 11.5 Å². The second-order valence-corrected chi connectivity index (χ2v) is 5.88. The summed E-state index contributed by atoms with van der Waals surface area (Å²) in [7, 11) is 0. The predicted octanol–water partition coefficient (Wildman–Crippen LogP) is 2.32. The summed E-state index contributed by atoms with van der Waals surface area (Å²) in [5, 5.41) is 0. The zero-order chi connectivity index (χ0) is 15.0. The van der Waals surface area contributed by atoms with Gasteiger partial charge in [0.2, 0.25) is 0 Å². The fraction of sp³-hybridized carbons (Fsp3) is 0.267. The third-order valence-corrected chi connectivity index (χ3v) is 3.81. The zero-order valence-corrected chi connectivity index (χ0v) is 13.1. The van der Waals surface area contributed by atoms with Crippen molar-refractivity contribution < 1.29 is 9.47 Å². The van der Waals surface area contributed by atoms with Gasteiger partial charge in [0, 0.05) is 28.0 Å². The molecule has 2 aromatic rings. The molecule has 0 aliphatic carbocycles. The summed E-state index contributed by atoms with van der Waals surface area (Å²) >= 11 is 3.40. The van der Waals surface area contributed by atoms with E-state index in [0.717, 1.165) is 10.0 Å². The Kier molecular flexibility index (Phi) is 3.63. The quantitative estimate of drug-likeness (QED) is 0.844. The normalized spacial score (nSPS) is 13.2. The van der Waals surface area contributed by atoms with Gasteiger partial charge in [-0.15, -0.1) is 0 Å². The molecule has 0 radical (unpaired) electrons. The molecule has 0 saturated heterocycles. The van der Waals surface area contributed by atoms with E-state index in [0.29, 0.717) is 42.5 Å². The molecule has 21 heavy (non-hydrogen) atoms. The van der Waals surface area contributed by atoms with Gasteiger partial charge in [-0.3, -0.25) is 4.79 Å². The fourth-order valence-corrected chi connectivity index (χ4v) is 2.91. The number of benzene rings is 1. The van der Waals surface area contributed by atoms with E-state index < -0.39 is 0 Å². The first-order valence-electron chi connectivity index (χ1n) is 6.59. The van der Waals surface area contributed by atoms with Gasteiger partial charge >= 0.3 is 0 Å². The average molecular weight is 351 g/mol. The van der Waals surface area contributed by atoms with Gasteiger partial charge < -0.3 is 19.8 Å². The standard InChI is InChI=1S/C15H15BrN2O3/c1-9-4-11(16)8-18(15(9)19)7-10-5-13-14(6-12(10)17)21-3-2-20-13/h4-6,8H,2-3,7,17H2,1H3. The number of anilines is 1. The van der Waals surface area contributed by atoms with Crippen LogP contribution in [0.5, 0.6) is 11.5 Å². The number of pyridine rings is 1. The molecule has 2 N–H and O–H groups in total. The number of aromatic nitrogens is 1. The van der Waals surface area contributed by atoms with Gasteiger partial charge in [0.05, 0.1) is 6.54 Å². The SMILES string of the molecule is Cc1cc(Br)cn(Cc2cc3c(cc2N)OCCO3)c1=O. The van der Waals surface area contributed by atoms with Crippen LogP contribution in [0, 0.1) is 6.92 Å². The summed E-state index contributed by atoms with van der Waals surface area (Å²) in [4.78, 5) is 12.2. The van der Waals surface area contributed by atoms with E-state index in [4.69, 9.17) is 15.2 Å². The lowest BCUT2D eigenvalue weighted by Gasteiger charge is -2.20. The lowest BCUT2D eigenvalue weighted by Crippen LogP contribution is -2.23. The number of nitrogens with two attached hydrogens (primary N) is 1. The van der Waals surface area contributed by atoms with Crippen molar-refractivity contribution in [2.75, 3.05) is 18.9 Å². The van der Waals surface area contributed by atoms with Crippen LogP contribution in [0.1, 0.15) is 11.1 Å². The van der Waals surface area contributed by atoms with Crippen LogP contribution < -0.4 is 20.8 Å². The molecule has 0 fully saturated rings. The maximum atomic E-state index is 12.2. The van der Waals surface area contributed by atoms with Crippen molar-refractivity contribution >= 4 is 21.6 Å². The maximum Gasteiger partial charge on any atom is 0.253 e. The van der Waals surface area contributed by atoms with Gasteiger partial charge in [0.1, 0.15) is 13.2 Å². The van der Waals surface area contributed by atoms with Crippen LogP contribution in [-0.2, 0) is 6.54 Å². The summed E-state index contributed by atoms with van der Waals surface area (Å²) < 4.78 is 13.5. The summed E-state index contributed by atoms with van der Waals surface area (Å²) in [6.07, 6.45) is 1.76. The van der Waals surface area contributed by atoms with E-state index in [1.165, 1.54) is 0 Å². The number of aryl methyl sites for hydroxylation is 1. The topological polar surface area (TPSA) is 66.5 Å².